The molecule has 0 saturated carbocycles. The molecule has 1 aliphatic rings. The lowest BCUT2D eigenvalue weighted by atomic mass is 10.00. The molecule has 1 saturated heterocycles. The molecule has 182 valence electrons. The van der Waals surface area contributed by atoms with Crippen molar-refractivity contribution in [2.75, 3.05) is 13.2 Å². The third kappa shape index (κ3) is 4.22. The van der Waals surface area contributed by atoms with Gasteiger partial charge in [0.2, 0.25) is 0 Å². The Bertz CT molecular complexity index is 1490. The number of imidazole rings is 1. The van der Waals surface area contributed by atoms with E-state index in [0.29, 0.717) is 10.5 Å². The van der Waals surface area contributed by atoms with E-state index in [4.69, 9.17) is 21.1 Å². The van der Waals surface area contributed by atoms with E-state index in [2.05, 4.69) is 32.4 Å². The number of nitrogens with zero attached hydrogens (tertiary/aromatic N) is 4. The fourth-order valence-corrected chi connectivity index (χ4v) is 4.61. The summed E-state index contributed by atoms with van der Waals surface area (Å²) in [6.07, 6.45) is 1.25. The summed E-state index contributed by atoms with van der Waals surface area (Å²) in [5.41, 5.74) is 6.32. The van der Waals surface area contributed by atoms with Gasteiger partial charge >= 0.3 is 0 Å². The molecule has 9 nitrogen and oxygen atoms in total. The third-order valence-electron chi connectivity index (χ3n) is 6.31. The molecule has 0 bridgehead atoms. The van der Waals surface area contributed by atoms with Gasteiger partial charge in [-0.1, -0.05) is 53.2 Å². The Morgan fingerprint density at radius 3 is 2.44 bits per heavy atom. The summed E-state index contributed by atoms with van der Waals surface area (Å²) in [6, 6.07) is 20.2. The molecule has 36 heavy (non-hydrogen) atoms. The van der Waals surface area contributed by atoms with E-state index in [9.17, 15) is 10.2 Å². The number of aromatic amines is 1. The van der Waals surface area contributed by atoms with Gasteiger partial charge in [0, 0.05) is 5.56 Å². The van der Waals surface area contributed by atoms with Crippen LogP contribution < -0.4 is 4.74 Å². The van der Waals surface area contributed by atoms with Crippen LogP contribution in [0.2, 0.25) is 5.02 Å². The molecule has 3 heterocycles. The summed E-state index contributed by atoms with van der Waals surface area (Å²) in [5, 5.41) is 27.9. The van der Waals surface area contributed by atoms with Crippen molar-refractivity contribution in [1.82, 2.24) is 25.0 Å². The minimum atomic E-state index is -0.931. The Hall–Kier alpha value is -3.76. The maximum atomic E-state index is 10.2. The van der Waals surface area contributed by atoms with Gasteiger partial charge in [-0.15, -0.1) is 5.10 Å². The van der Waals surface area contributed by atoms with Gasteiger partial charge in [0.25, 0.3) is 6.01 Å². The van der Waals surface area contributed by atoms with Gasteiger partial charge in [0.1, 0.15) is 12.2 Å². The Morgan fingerprint density at radius 1 is 1.06 bits per heavy atom. The van der Waals surface area contributed by atoms with Gasteiger partial charge in [0.15, 0.2) is 6.10 Å². The molecular formula is C26H22ClN5O4. The Kier molecular flexibility index (Phi) is 5.90. The molecule has 10 heteroatoms. The summed E-state index contributed by atoms with van der Waals surface area (Å²) >= 11 is 6.61. The molecule has 1 aliphatic heterocycles. The molecule has 6 rings (SSSR count). The highest BCUT2D eigenvalue weighted by molar-refractivity contribution is 6.34. The smallest absolute Gasteiger partial charge is 0.295 e. The van der Waals surface area contributed by atoms with Crippen LogP contribution in [0.1, 0.15) is 0 Å². The fourth-order valence-electron chi connectivity index (χ4n) is 4.34. The van der Waals surface area contributed by atoms with E-state index < -0.39 is 18.3 Å². The van der Waals surface area contributed by atoms with Gasteiger partial charge in [-0.2, -0.15) is 4.98 Å². The van der Waals surface area contributed by atoms with E-state index in [0.717, 1.165) is 33.5 Å². The predicted octanol–water partition coefficient (Wildman–Crippen LogP) is 3.63. The second kappa shape index (κ2) is 9.36. The summed E-state index contributed by atoms with van der Waals surface area (Å²) in [5.74, 6) is 0. The zero-order chi connectivity index (χ0) is 24.6. The molecule has 0 radical (unpaired) electrons. The molecule has 0 aliphatic carbocycles. The molecule has 3 N–H and O–H groups in total. The summed E-state index contributed by atoms with van der Waals surface area (Å²) in [6.45, 7) is -0.0990. The van der Waals surface area contributed by atoms with Crippen molar-refractivity contribution < 1.29 is 19.7 Å². The van der Waals surface area contributed by atoms with E-state index in [1.165, 1.54) is 0 Å². The second-order valence-corrected chi connectivity index (χ2v) is 8.97. The number of rotatable bonds is 6. The summed E-state index contributed by atoms with van der Waals surface area (Å²) in [7, 11) is 0. The van der Waals surface area contributed by atoms with Gasteiger partial charge < -0.3 is 24.7 Å². The Balaban J connectivity index is 1.22. The van der Waals surface area contributed by atoms with Gasteiger partial charge in [-0.25, -0.2) is 4.68 Å². The number of halogens is 1. The number of benzene rings is 3. The number of aliphatic hydroxyl groups excluding tert-OH is 2. The average molecular weight is 504 g/mol. The Morgan fingerprint density at radius 2 is 1.78 bits per heavy atom. The van der Waals surface area contributed by atoms with Crippen molar-refractivity contribution in [3.63, 3.8) is 0 Å². The van der Waals surface area contributed by atoms with Crippen molar-refractivity contribution in [2.45, 2.75) is 18.3 Å². The van der Waals surface area contributed by atoms with E-state index in [1.54, 1.807) is 23.1 Å². The number of hydrogen-bond acceptors (Lipinski definition) is 7. The Labute approximate surface area is 210 Å². The number of aliphatic hydroxyl groups is 2. The molecule has 5 aromatic rings. The number of hydrogen-bond donors (Lipinski definition) is 3. The van der Waals surface area contributed by atoms with Crippen LogP contribution in [0.5, 0.6) is 6.01 Å². The monoisotopic (exact) mass is 503 g/mol. The van der Waals surface area contributed by atoms with Crippen LogP contribution >= 0.6 is 11.6 Å². The standard InChI is InChI=1S/C26H22ClN5O4/c27-20-12-22-21(29-26(30-22)36-24-14-35-23(13-33)25(24)34)11-19(20)17-3-1-15(2-4-17)16-5-7-18(8-6-16)32-10-9-28-31-32/h1-12,23-25,33-34H,13-14H2,(H,29,30)/t23-,24-,25-/m1/s1. The summed E-state index contributed by atoms with van der Waals surface area (Å²) < 4.78 is 12.8. The first-order valence-electron chi connectivity index (χ1n) is 11.4. The lowest BCUT2D eigenvalue weighted by Gasteiger charge is -2.15. The fraction of sp³-hybridized carbons (Fsp3) is 0.192. The SMILES string of the molecule is OC[C@H]1OC[C@@H](Oc2nc3cc(-c4ccc(-c5ccc(-n6ccnn6)cc5)cc4)c(Cl)cc3[nH]2)[C@@H]1O. The van der Waals surface area contributed by atoms with Gasteiger partial charge in [0.05, 0.1) is 47.4 Å². The minimum Gasteiger partial charge on any atom is -0.456 e. The highest BCUT2D eigenvalue weighted by Gasteiger charge is 2.37. The van der Waals surface area contributed by atoms with Crippen LogP contribution in [0.25, 0.3) is 39.0 Å². The van der Waals surface area contributed by atoms with Crippen LogP contribution in [0.3, 0.4) is 0 Å². The quantitative estimate of drug-likeness (QED) is 0.324. The molecule has 0 unspecified atom stereocenters. The maximum Gasteiger partial charge on any atom is 0.295 e. The molecule has 1 fully saturated rings. The maximum absolute atomic E-state index is 10.2. The van der Waals surface area contributed by atoms with Crippen LogP contribution in [-0.2, 0) is 4.74 Å². The van der Waals surface area contributed by atoms with E-state index >= 15 is 0 Å². The van der Waals surface area contributed by atoms with Crippen molar-refractivity contribution in [3.8, 4) is 34.0 Å². The number of aromatic nitrogens is 5. The number of fused-ring (bicyclic) bond motifs is 1. The highest BCUT2D eigenvalue weighted by Crippen LogP contribution is 2.34. The molecular weight excluding hydrogens is 482 g/mol. The molecule has 3 atom stereocenters. The molecule has 3 aromatic carbocycles. The summed E-state index contributed by atoms with van der Waals surface area (Å²) in [4.78, 5) is 7.59. The van der Waals surface area contributed by atoms with Crippen LogP contribution in [0, 0.1) is 0 Å². The highest BCUT2D eigenvalue weighted by atomic mass is 35.5. The van der Waals surface area contributed by atoms with Crippen molar-refractivity contribution in [2.24, 2.45) is 0 Å². The second-order valence-electron chi connectivity index (χ2n) is 8.56. The largest absolute Gasteiger partial charge is 0.456 e. The van der Waals surface area contributed by atoms with E-state index in [1.807, 2.05) is 42.5 Å². The molecule has 2 aromatic heterocycles. The van der Waals surface area contributed by atoms with Gasteiger partial charge in [-0.3, -0.25) is 0 Å². The molecule has 0 spiro atoms. The van der Waals surface area contributed by atoms with Crippen molar-refractivity contribution in [3.05, 3.63) is 78.1 Å². The first-order valence-corrected chi connectivity index (χ1v) is 11.8. The number of nitrogens with one attached hydrogen (secondary N) is 1. The van der Waals surface area contributed by atoms with E-state index in [-0.39, 0.29) is 19.2 Å². The third-order valence-corrected chi connectivity index (χ3v) is 6.62. The topological polar surface area (TPSA) is 118 Å². The van der Waals surface area contributed by atoms with Crippen LogP contribution in [0.15, 0.2) is 73.1 Å². The van der Waals surface area contributed by atoms with Crippen LogP contribution in [0.4, 0.5) is 0 Å². The lowest BCUT2D eigenvalue weighted by Crippen LogP contribution is -2.36. The van der Waals surface area contributed by atoms with Crippen LogP contribution in [-0.4, -0.2) is 66.7 Å². The average Bonchev–Trinajstić information content (AvgIpc) is 3.65. The van der Waals surface area contributed by atoms with Gasteiger partial charge in [-0.05, 0) is 41.0 Å². The lowest BCUT2D eigenvalue weighted by molar-refractivity contribution is -0.00390. The minimum absolute atomic E-state index is 0.172. The van der Waals surface area contributed by atoms with Crippen molar-refractivity contribution in [1.29, 1.82) is 0 Å². The normalized spacial score (nSPS) is 19.7. The zero-order valence-electron chi connectivity index (χ0n) is 19.0. The number of H-pyrrole nitrogens is 1. The van der Waals surface area contributed by atoms with Crippen molar-refractivity contribution >= 4 is 22.6 Å². The molecule has 0 amide bonds. The number of ether oxygens (including phenoxy) is 2. The predicted molar refractivity (Wildman–Crippen MR) is 134 cm³/mol. The zero-order valence-corrected chi connectivity index (χ0v) is 19.7. The first-order chi connectivity index (χ1) is 17.6. The first kappa shape index (κ1) is 22.7.